The Morgan fingerprint density at radius 2 is 1.85 bits per heavy atom. The van der Waals surface area contributed by atoms with Crippen LogP contribution in [0.25, 0.3) is 11.2 Å². The molecule has 5 rings (SSSR count). The molecule has 0 bridgehead atoms. The second kappa shape index (κ2) is 9.72. The fourth-order valence-electron chi connectivity index (χ4n) is 5.05. The van der Waals surface area contributed by atoms with E-state index in [0.717, 1.165) is 33.8 Å². The van der Waals surface area contributed by atoms with Crippen LogP contribution in [-0.2, 0) is 6.54 Å². The molecule has 7 heteroatoms. The smallest absolute Gasteiger partial charge is 0.236 e. The lowest BCUT2D eigenvalue weighted by atomic mass is 9.80. The molecule has 2 heterocycles. The number of aromatic nitrogens is 4. The summed E-state index contributed by atoms with van der Waals surface area (Å²) in [5, 5.41) is 14.2. The van der Waals surface area contributed by atoms with Gasteiger partial charge in [0.1, 0.15) is 11.6 Å². The molecule has 2 saturated carbocycles. The van der Waals surface area contributed by atoms with Gasteiger partial charge in [0, 0.05) is 17.5 Å². The third-order valence-electron chi connectivity index (χ3n) is 7.42. The van der Waals surface area contributed by atoms with E-state index in [1.807, 2.05) is 6.07 Å². The van der Waals surface area contributed by atoms with E-state index in [9.17, 15) is 5.26 Å². The first-order chi connectivity index (χ1) is 16.1. The van der Waals surface area contributed by atoms with Gasteiger partial charge in [0.2, 0.25) is 5.82 Å². The summed E-state index contributed by atoms with van der Waals surface area (Å²) in [4.78, 5) is 15.2. The molecule has 1 atom stereocenters. The predicted octanol–water partition coefficient (Wildman–Crippen LogP) is 6.28. The first-order valence-corrected chi connectivity index (χ1v) is 13.1. The highest BCUT2D eigenvalue weighted by atomic mass is 32.2. The van der Waals surface area contributed by atoms with Crippen LogP contribution in [0.2, 0.25) is 0 Å². The van der Waals surface area contributed by atoms with Crippen LogP contribution in [0.5, 0.6) is 0 Å². The van der Waals surface area contributed by atoms with Gasteiger partial charge in [-0.25, -0.2) is 4.98 Å². The zero-order valence-corrected chi connectivity index (χ0v) is 20.3. The third-order valence-corrected chi connectivity index (χ3v) is 8.42. The lowest BCUT2D eigenvalue weighted by Crippen LogP contribution is -2.31. The van der Waals surface area contributed by atoms with E-state index in [0.29, 0.717) is 23.5 Å². The van der Waals surface area contributed by atoms with Crippen LogP contribution in [0.3, 0.4) is 0 Å². The highest BCUT2D eigenvalue weighted by Crippen LogP contribution is 2.37. The average molecular weight is 461 g/mol. The number of hydrogen-bond donors (Lipinski definition) is 1. The van der Waals surface area contributed by atoms with Crippen molar-refractivity contribution >= 4 is 28.7 Å². The van der Waals surface area contributed by atoms with Gasteiger partial charge in [-0.2, -0.15) is 15.2 Å². The first-order valence-electron chi connectivity index (χ1n) is 12.3. The van der Waals surface area contributed by atoms with E-state index in [4.69, 9.17) is 4.98 Å². The largest absolute Gasteiger partial charge is 0.365 e. The van der Waals surface area contributed by atoms with Gasteiger partial charge in [0.25, 0.3) is 0 Å². The number of nitriles is 1. The zero-order valence-electron chi connectivity index (χ0n) is 19.5. The number of anilines is 1. The number of rotatable bonds is 7. The number of benzene rings is 1. The first kappa shape index (κ1) is 22.2. The van der Waals surface area contributed by atoms with E-state index >= 15 is 0 Å². The Morgan fingerprint density at radius 1 is 1.09 bits per heavy atom. The van der Waals surface area contributed by atoms with E-state index in [-0.39, 0.29) is 5.82 Å². The van der Waals surface area contributed by atoms with Gasteiger partial charge in [-0.05, 0) is 62.5 Å². The molecule has 2 aromatic heterocycles. The number of hydrogen-bond acceptors (Lipinski definition) is 6. The van der Waals surface area contributed by atoms with Crippen LogP contribution < -0.4 is 5.32 Å². The van der Waals surface area contributed by atoms with Crippen molar-refractivity contribution in [3.8, 4) is 6.07 Å². The van der Waals surface area contributed by atoms with Gasteiger partial charge in [0.15, 0.2) is 16.6 Å². The minimum Gasteiger partial charge on any atom is -0.365 e. The maximum atomic E-state index is 9.58. The van der Waals surface area contributed by atoms with Crippen molar-refractivity contribution in [1.82, 2.24) is 19.5 Å². The van der Waals surface area contributed by atoms with Crippen molar-refractivity contribution in [2.75, 3.05) is 5.32 Å². The molecule has 0 amide bonds. The summed E-state index contributed by atoms with van der Waals surface area (Å²) in [6.45, 7) is 5.51. The summed E-state index contributed by atoms with van der Waals surface area (Å²) in [7, 11) is 0. The van der Waals surface area contributed by atoms with Crippen LogP contribution in [0.4, 0.5) is 5.82 Å². The molecule has 0 spiro atoms. The predicted molar refractivity (Wildman–Crippen MR) is 132 cm³/mol. The van der Waals surface area contributed by atoms with Gasteiger partial charge in [-0.3, -0.25) is 0 Å². The molecule has 3 aromatic rings. The zero-order chi connectivity index (χ0) is 22.8. The summed E-state index contributed by atoms with van der Waals surface area (Å²) in [5.74, 6) is 3.04. The third kappa shape index (κ3) is 4.86. The Morgan fingerprint density at radius 3 is 2.52 bits per heavy atom. The number of fused-ring (bicyclic) bond motifs is 1. The van der Waals surface area contributed by atoms with Gasteiger partial charge in [-0.15, -0.1) is 0 Å². The van der Waals surface area contributed by atoms with Crippen LogP contribution in [-0.4, -0.2) is 25.6 Å². The van der Waals surface area contributed by atoms with Crippen LogP contribution >= 0.6 is 11.8 Å². The molecule has 1 N–H and O–H groups in total. The van der Waals surface area contributed by atoms with Crippen molar-refractivity contribution in [2.24, 2.45) is 17.8 Å². The Bertz CT molecular complexity index is 1140. The Hall–Kier alpha value is -2.59. The molecule has 172 valence electrons. The molecular formula is C26H32N6S. The average Bonchev–Trinajstić information content (AvgIpc) is 3.11. The molecule has 2 aliphatic carbocycles. The standard InChI is InChI=1S/C26H32N6S/c1-17-11-13-19(14-12-17)16-32-23-24(28-18(2)20-7-6-8-20)29-22(15-27)30-25(23)31-26(32)33-21-9-4-3-5-10-21/h3-5,9-10,17-20H,6-8,11-14,16H2,1-2H3,(H,28,29,30)/t17-,18-,19-/m1/s1. The summed E-state index contributed by atoms with van der Waals surface area (Å²) in [6.07, 6.45) is 8.87. The van der Waals surface area contributed by atoms with Crippen LogP contribution in [0.1, 0.15) is 64.6 Å². The monoisotopic (exact) mass is 460 g/mol. The lowest BCUT2D eigenvalue weighted by Gasteiger charge is -2.32. The summed E-state index contributed by atoms with van der Waals surface area (Å²) >= 11 is 1.67. The molecule has 33 heavy (non-hydrogen) atoms. The molecule has 1 aromatic carbocycles. The van der Waals surface area contributed by atoms with E-state index in [2.05, 4.69) is 64.0 Å². The molecule has 0 aliphatic heterocycles. The van der Waals surface area contributed by atoms with Crippen LogP contribution in [0.15, 0.2) is 40.4 Å². The summed E-state index contributed by atoms with van der Waals surface area (Å²) in [5.41, 5.74) is 1.56. The van der Waals surface area contributed by atoms with E-state index in [1.54, 1.807) is 11.8 Å². The lowest BCUT2D eigenvalue weighted by molar-refractivity contribution is 0.262. The number of nitrogens with zero attached hydrogens (tertiary/aromatic N) is 5. The topological polar surface area (TPSA) is 79.4 Å². The molecule has 0 unspecified atom stereocenters. The van der Waals surface area contributed by atoms with Gasteiger partial charge in [-0.1, -0.05) is 56.1 Å². The van der Waals surface area contributed by atoms with Crippen molar-refractivity contribution in [3.63, 3.8) is 0 Å². The highest BCUT2D eigenvalue weighted by molar-refractivity contribution is 7.99. The molecule has 0 saturated heterocycles. The number of nitrogens with one attached hydrogen (secondary N) is 1. The second-order valence-corrected chi connectivity index (χ2v) is 10.9. The summed E-state index contributed by atoms with van der Waals surface area (Å²) < 4.78 is 2.32. The normalized spacial score (nSPS) is 22.0. The highest BCUT2D eigenvalue weighted by Gasteiger charge is 2.28. The molecule has 2 aliphatic rings. The Kier molecular flexibility index (Phi) is 6.55. The van der Waals surface area contributed by atoms with E-state index < -0.39 is 0 Å². The van der Waals surface area contributed by atoms with Crippen molar-refractivity contribution in [3.05, 3.63) is 36.2 Å². The Labute approximate surface area is 200 Å². The number of imidazole rings is 1. The fraction of sp³-hybridized carbons (Fsp3) is 0.538. The minimum absolute atomic E-state index is 0.179. The quantitative estimate of drug-likeness (QED) is 0.447. The maximum Gasteiger partial charge on any atom is 0.236 e. The minimum atomic E-state index is 0.179. The van der Waals surface area contributed by atoms with Crippen LogP contribution in [0, 0.1) is 29.1 Å². The summed E-state index contributed by atoms with van der Waals surface area (Å²) in [6, 6.07) is 12.8. The molecule has 0 radical (unpaired) electrons. The molecule has 6 nitrogen and oxygen atoms in total. The van der Waals surface area contributed by atoms with Crippen molar-refractivity contribution in [1.29, 1.82) is 5.26 Å². The van der Waals surface area contributed by atoms with Crippen molar-refractivity contribution in [2.45, 2.75) is 81.4 Å². The Balaban J connectivity index is 1.56. The SMILES string of the molecule is C[C@@H](Nc1nc(C#N)nc2nc(Sc3ccccc3)n(C[C@H]3CC[C@H](C)CC3)c12)C1CCC1. The van der Waals surface area contributed by atoms with Gasteiger partial charge < -0.3 is 9.88 Å². The van der Waals surface area contributed by atoms with E-state index in [1.165, 1.54) is 44.9 Å². The van der Waals surface area contributed by atoms with Gasteiger partial charge >= 0.3 is 0 Å². The molecule has 2 fully saturated rings. The molecular weight excluding hydrogens is 428 g/mol. The van der Waals surface area contributed by atoms with Gasteiger partial charge in [0.05, 0.1) is 0 Å². The second-order valence-electron chi connectivity index (χ2n) is 9.85. The van der Waals surface area contributed by atoms with Crippen molar-refractivity contribution < 1.29 is 0 Å². The maximum absolute atomic E-state index is 9.58. The fourth-order valence-corrected chi connectivity index (χ4v) is 5.96.